The molecular weight excluding hydrogens is 272 g/mol. The van der Waals surface area contributed by atoms with E-state index in [1.807, 2.05) is 39.8 Å². The number of benzene rings is 1. The molecule has 6 nitrogen and oxygen atoms in total. The first kappa shape index (κ1) is 17.1. The van der Waals surface area contributed by atoms with E-state index in [4.69, 9.17) is 14.2 Å². The zero-order valence-electron chi connectivity index (χ0n) is 13.4. The first-order chi connectivity index (χ1) is 9.76. The van der Waals surface area contributed by atoms with Crippen LogP contribution in [0.5, 0.6) is 11.5 Å². The van der Waals surface area contributed by atoms with Crippen LogP contribution in [0.1, 0.15) is 39.3 Å². The second kappa shape index (κ2) is 7.17. The van der Waals surface area contributed by atoms with Gasteiger partial charge in [-0.25, -0.2) is 10.2 Å². The molecule has 0 aliphatic carbocycles. The van der Waals surface area contributed by atoms with Crippen LogP contribution in [0.3, 0.4) is 0 Å². The molecule has 1 aromatic carbocycles. The van der Waals surface area contributed by atoms with E-state index in [0.29, 0.717) is 11.5 Å². The molecule has 1 amide bonds. The molecule has 6 heteroatoms. The summed E-state index contributed by atoms with van der Waals surface area (Å²) >= 11 is 0. The quantitative estimate of drug-likeness (QED) is 0.818. The molecule has 0 radical (unpaired) electrons. The minimum absolute atomic E-state index is 0.154. The van der Waals surface area contributed by atoms with Gasteiger partial charge in [-0.15, -0.1) is 0 Å². The van der Waals surface area contributed by atoms with Gasteiger partial charge in [0.25, 0.3) is 0 Å². The van der Waals surface area contributed by atoms with Crippen LogP contribution < -0.4 is 20.3 Å². The fourth-order valence-electron chi connectivity index (χ4n) is 1.72. The Morgan fingerprint density at radius 2 is 1.86 bits per heavy atom. The van der Waals surface area contributed by atoms with Gasteiger partial charge in [0, 0.05) is 11.6 Å². The van der Waals surface area contributed by atoms with Gasteiger partial charge in [-0.3, -0.25) is 5.43 Å². The summed E-state index contributed by atoms with van der Waals surface area (Å²) in [6, 6.07) is 5.36. The van der Waals surface area contributed by atoms with Crippen LogP contribution in [0.25, 0.3) is 0 Å². The third-order valence-corrected chi connectivity index (χ3v) is 2.70. The molecule has 0 heterocycles. The van der Waals surface area contributed by atoms with E-state index in [1.54, 1.807) is 20.3 Å². The van der Waals surface area contributed by atoms with E-state index in [9.17, 15) is 4.79 Å². The number of rotatable bonds is 5. The predicted octanol–water partition coefficient (Wildman–Crippen LogP) is 2.79. The van der Waals surface area contributed by atoms with E-state index in [2.05, 4.69) is 10.9 Å². The summed E-state index contributed by atoms with van der Waals surface area (Å²) < 4.78 is 15.6. The minimum atomic E-state index is -0.535. The molecule has 1 atom stereocenters. The smallest absolute Gasteiger partial charge is 0.422 e. The van der Waals surface area contributed by atoms with Crippen molar-refractivity contribution in [3.63, 3.8) is 0 Å². The van der Waals surface area contributed by atoms with Gasteiger partial charge < -0.3 is 14.2 Å². The number of amides is 1. The first-order valence-corrected chi connectivity index (χ1v) is 6.73. The van der Waals surface area contributed by atoms with E-state index in [1.165, 1.54) is 0 Å². The number of hydrogen-bond donors (Lipinski definition) is 2. The van der Waals surface area contributed by atoms with Crippen molar-refractivity contribution in [3.8, 4) is 11.5 Å². The van der Waals surface area contributed by atoms with Crippen molar-refractivity contribution in [2.45, 2.75) is 39.3 Å². The zero-order valence-corrected chi connectivity index (χ0v) is 13.4. The Morgan fingerprint density at radius 3 is 2.38 bits per heavy atom. The first-order valence-electron chi connectivity index (χ1n) is 6.73. The Hall–Kier alpha value is -1.95. The molecule has 1 unspecified atom stereocenters. The lowest BCUT2D eigenvalue weighted by Gasteiger charge is -2.22. The van der Waals surface area contributed by atoms with Gasteiger partial charge in [-0.2, -0.15) is 0 Å². The number of hydrogen-bond acceptors (Lipinski definition) is 5. The van der Waals surface area contributed by atoms with E-state index in [-0.39, 0.29) is 6.04 Å². The minimum Gasteiger partial charge on any atom is -0.497 e. The number of hydrazine groups is 1. The molecule has 21 heavy (non-hydrogen) atoms. The van der Waals surface area contributed by atoms with Gasteiger partial charge in [0.2, 0.25) is 0 Å². The Morgan fingerprint density at radius 1 is 1.19 bits per heavy atom. The molecule has 1 rings (SSSR count). The third kappa shape index (κ3) is 5.51. The monoisotopic (exact) mass is 296 g/mol. The van der Waals surface area contributed by atoms with E-state index >= 15 is 0 Å². The molecule has 2 N–H and O–H groups in total. The fraction of sp³-hybridized carbons (Fsp3) is 0.533. The Bertz CT molecular complexity index is 483. The Labute approximate surface area is 125 Å². The number of methoxy groups -OCH3 is 2. The van der Waals surface area contributed by atoms with Gasteiger partial charge in [0.15, 0.2) is 0 Å². The highest BCUT2D eigenvalue weighted by molar-refractivity contribution is 5.67. The summed E-state index contributed by atoms with van der Waals surface area (Å²) in [5.74, 6) is 1.39. The third-order valence-electron chi connectivity index (χ3n) is 2.70. The van der Waals surface area contributed by atoms with Crippen LogP contribution in [0.15, 0.2) is 18.2 Å². The lowest BCUT2D eigenvalue weighted by Crippen LogP contribution is -2.42. The zero-order chi connectivity index (χ0) is 16.0. The molecule has 0 aliphatic heterocycles. The molecule has 0 saturated carbocycles. The fourth-order valence-corrected chi connectivity index (χ4v) is 1.72. The molecule has 1 aromatic rings. The maximum absolute atomic E-state index is 11.6. The number of ether oxygens (including phenoxy) is 3. The summed E-state index contributed by atoms with van der Waals surface area (Å²) in [6.45, 7) is 7.33. The molecule has 0 fully saturated rings. The lowest BCUT2D eigenvalue weighted by atomic mass is 10.1. The van der Waals surface area contributed by atoms with Gasteiger partial charge in [-0.1, -0.05) is 6.07 Å². The summed E-state index contributed by atoms with van der Waals surface area (Å²) in [5, 5.41) is 0. The maximum atomic E-state index is 11.6. The van der Waals surface area contributed by atoms with Gasteiger partial charge in [0.1, 0.15) is 17.1 Å². The number of nitrogens with one attached hydrogen (secondary N) is 2. The molecular formula is C15H24N2O4. The van der Waals surface area contributed by atoms with E-state index in [0.717, 1.165) is 5.56 Å². The molecule has 118 valence electrons. The average Bonchev–Trinajstić information content (AvgIpc) is 2.42. The topological polar surface area (TPSA) is 68.8 Å². The van der Waals surface area contributed by atoms with Crippen LogP contribution in [0.2, 0.25) is 0 Å². The second-order valence-corrected chi connectivity index (χ2v) is 5.60. The highest BCUT2D eigenvalue weighted by atomic mass is 16.6. The van der Waals surface area contributed by atoms with Crippen LogP contribution in [-0.4, -0.2) is 25.9 Å². The molecule has 0 aliphatic rings. The number of carbonyl (C=O) groups excluding carboxylic acids is 1. The van der Waals surface area contributed by atoms with Crippen molar-refractivity contribution in [1.82, 2.24) is 10.9 Å². The van der Waals surface area contributed by atoms with Crippen molar-refractivity contribution in [3.05, 3.63) is 23.8 Å². The second-order valence-electron chi connectivity index (χ2n) is 5.60. The van der Waals surface area contributed by atoms with Crippen LogP contribution in [0, 0.1) is 0 Å². The predicted molar refractivity (Wildman–Crippen MR) is 80.5 cm³/mol. The van der Waals surface area contributed by atoms with Crippen molar-refractivity contribution >= 4 is 6.09 Å². The molecule has 0 saturated heterocycles. The largest absolute Gasteiger partial charge is 0.497 e. The van der Waals surface area contributed by atoms with Crippen LogP contribution in [-0.2, 0) is 4.74 Å². The van der Waals surface area contributed by atoms with Crippen LogP contribution >= 0.6 is 0 Å². The van der Waals surface area contributed by atoms with Gasteiger partial charge >= 0.3 is 6.09 Å². The summed E-state index contributed by atoms with van der Waals surface area (Å²) in [6.07, 6.45) is -0.526. The highest BCUT2D eigenvalue weighted by Gasteiger charge is 2.17. The summed E-state index contributed by atoms with van der Waals surface area (Å²) in [4.78, 5) is 11.6. The van der Waals surface area contributed by atoms with Crippen molar-refractivity contribution < 1.29 is 19.0 Å². The molecule has 0 bridgehead atoms. The SMILES string of the molecule is COc1ccc(C(C)NNC(=O)OC(C)(C)C)c(OC)c1. The Balaban J connectivity index is 2.67. The number of carbonyl (C=O) groups is 1. The van der Waals surface area contributed by atoms with Crippen molar-refractivity contribution in [2.75, 3.05) is 14.2 Å². The standard InChI is InChI=1S/C15H24N2O4/c1-10(16-17-14(18)21-15(2,3)4)12-8-7-11(19-5)9-13(12)20-6/h7-10,16H,1-6H3,(H,17,18). The summed E-state index contributed by atoms with van der Waals surface area (Å²) in [5.41, 5.74) is 5.77. The normalized spacial score (nSPS) is 12.5. The summed E-state index contributed by atoms with van der Waals surface area (Å²) in [7, 11) is 3.19. The van der Waals surface area contributed by atoms with Crippen LogP contribution in [0.4, 0.5) is 4.79 Å². The van der Waals surface area contributed by atoms with Crippen molar-refractivity contribution in [1.29, 1.82) is 0 Å². The molecule has 0 spiro atoms. The van der Waals surface area contributed by atoms with E-state index < -0.39 is 11.7 Å². The Kier molecular flexibility index (Phi) is 5.84. The maximum Gasteiger partial charge on any atom is 0.422 e. The molecule has 0 aromatic heterocycles. The van der Waals surface area contributed by atoms with Crippen molar-refractivity contribution in [2.24, 2.45) is 0 Å². The van der Waals surface area contributed by atoms with Gasteiger partial charge in [-0.05, 0) is 33.8 Å². The average molecular weight is 296 g/mol. The highest BCUT2D eigenvalue weighted by Crippen LogP contribution is 2.28. The lowest BCUT2D eigenvalue weighted by molar-refractivity contribution is 0.0489. The van der Waals surface area contributed by atoms with Gasteiger partial charge in [0.05, 0.1) is 20.3 Å².